The maximum Gasteiger partial charge on any atom is 0.242 e. The summed E-state index contributed by atoms with van der Waals surface area (Å²) in [5.41, 5.74) is 6.35. The van der Waals surface area contributed by atoms with Crippen LogP contribution in [0.2, 0.25) is 0 Å². The number of nitrogens with one attached hydrogen (secondary N) is 1. The van der Waals surface area contributed by atoms with Gasteiger partial charge in [0, 0.05) is 12.6 Å². The van der Waals surface area contributed by atoms with Crippen molar-refractivity contribution in [1.29, 1.82) is 0 Å². The molecule has 3 N–H and O–H groups in total. The zero-order valence-electron chi connectivity index (χ0n) is 9.60. The Bertz CT molecular complexity index is 370. The Hall–Kier alpha value is -1.56. The van der Waals surface area contributed by atoms with Crippen LogP contribution in [0.3, 0.4) is 0 Å². The first kappa shape index (κ1) is 10.9. The van der Waals surface area contributed by atoms with Crippen molar-refractivity contribution in [3.8, 4) is 5.88 Å². The smallest absolute Gasteiger partial charge is 0.242 e. The normalized spacial score (nSPS) is 21.0. The maximum absolute atomic E-state index is 5.88. The topological polar surface area (TPSA) is 76.3 Å². The van der Waals surface area contributed by atoms with Crippen LogP contribution in [0.25, 0.3) is 0 Å². The molecule has 1 aromatic rings. The first-order valence-electron chi connectivity index (χ1n) is 5.30. The highest BCUT2D eigenvalue weighted by atomic mass is 16.5. The van der Waals surface area contributed by atoms with Crippen molar-refractivity contribution < 1.29 is 4.74 Å². The zero-order valence-corrected chi connectivity index (χ0v) is 9.60. The molecule has 0 spiro atoms. The molecule has 0 aliphatic carbocycles. The van der Waals surface area contributed by atoms with Gasteiger partial charge in [0.2, 0.25) is 5.88 Å². The van der Waals surface area contributed by atoms with Crippen LogP contribution >= 0.6 is 0 Å². The molecule has 88 valence electrons. The number of aromatic nitrogens is 2. The Balaban J connectivity index is 2.09. The van der Waals surface area contributed by atoms with Gasteiger partial charge in [-0.15, -0.1) is 0 Å². The molecule has 6 nitrogen and oxygen atoms in total. The Kier molecular flexibility index (Phi) is 3.09. The minimum atomic E-state index is 0.395. The highest BCUT2D eigenvalue weighted by Crippen LogP contribution is 2.25. The van der Waals surface area contributed by atoms with Crippen LogP contribution in [0.1, 0.15) is 6.42 Å². The number of rotatable bonds is 3. The molecule has 1 saturated heterocycles. The first-order valence-corrected chi connectivity index (χ1v) is 5.30. The average Bonchev–Trinajstić information content (AvgIpc) is 2.67. The molecule has 1 aliphatic heterocycles. The summed E-state index contributed by atoms with van der Waals surface area (Å²) in [6, 6.07) is 0.395. The monoisotopic (exact) mass is 223 g/mol. The summed E-state index contributed by atoms with van der Waals surface area (Å²) < 4.78 is 5.04. The van der Waals surface area contributed by atoms with Crippen molar-refractivity contribution in [3.05, 3.63) is 6.33 Å². The summed E-state index contributed by atoms with van der Waals surface area (Å²) >= 11 is 0. The number of anilines is 2. The van der Waals surface area contributed by atoms with Crippen molar-refractivity contribution >= 4 is 11.5 Å². The van der Waals surface area contributed by atoms with E-state index >= 15 is 0 Å². The molecular formula is C10H17N5O. The van der Waals surface area contributed by atoms with E-state index in [1.54, 1.807) is 7.11 Å². The molecule has 1 atom stereocenters. The first-order chi connectivity index (χ1) is 7.70. The number of methoxy groups -OCH3 is 1. The molecule has 0 saturated carbocycles. The van der Waals surface area contributed by atoms with Gasteiger partial charge in [-0.1, -0.05) is 0 Å². The number of hydrogen-bond acceptors (Lipinski definition) is 6. The van der Waals surface area contributed by atoms with Gasteiger partial charge in [-0.3, -0.25) is 0 Å². The molecule has 1 aromatic heterocycles. The lowest BCUT2D eigenvalue weighted by Crippen LogP contribution is -2.24. The van der Waals surface area contributed by atoms with Crippen LogP contribution in [0.5, 0.6) is 5.88 Å². The van der Waals surface area contributed by atoms with E-state index in [4.69, 9.17) is 10.5 Å². The van der Waals surface area contributed by atoms with Gasteiger partial charge >= 0.3 is 0 Å². The van der Waals surface area contributed by atoms with Crippen molar-refractivity contribution in [2.75, 3.05) is 38.3 Å². The number of nitrogens with zero attached hydrogens (tertiary/aromatic N) is 3. The third-order valence-electron chi connectivity index (χ3n) is 2.77. The Morgan fingerprint density at radius 3 is 3.00 bits per heavy atom. The summed E-state index contributed by atoms with van der Waals surface area (Å²) in [5, 5.41) is 3.32. The van der Waals surface area contributed by atoms with Crippen molar-refractivity contribution in [3.63, 3.8) is 0 Å². The van der Waals surface area contributed by atoms with Gasteiger partial charge in [-0.2, -0.15) is 4.98 Å². The SMILES string of the molecule is COc1ncnc(NC2CCN(C)C2)c1N. The Labute approximate surface area is 94.8 Å². The number of nitrogens with two attached hydrogens (primary N) is 1. The molecule has 0 amide bonds. The number of likely N-dealkylation sites (tertiary alicyclic amines) is 1. The molecule has 0 radical (unpaired) electrons. The zero-order chi connectivity index (χ0) is 11.5. The van der Waals surface area contributed by atoms with E-state index in [9.17, 15) is 0 Å². The average molecular weight is 223 g/mol. The molecule has 1 aliphatic rings. The van der Waals surface area contributed by atoms with Gasteiger partial charge in [0.25, 0.3) is 0 Å². The Morgan fingerprint density at radius 2 is 2.38 bits per heavy atom. The Morgan fingerprint density at radius 1 is 1.56 bits per heavy atom. The second-order valence-corrected chi connectivity index (χ2v) is 4.04. The second-order valence-electron chi connectivity index (χ2n) is 4.04. The van der Waals surface area contributed by atoms with Crippen LogP contribution in [0, 0.1) is 0 Å². The summed E-state index contributed by atoms with van der Waals surface area (Å²) in [6.07, 6.45) is 2.55. The van der Waals surface area contributed by atoms with Crippen LogP contribution in [-0.2, 0) is 0 Å². The molecule has 0 aromatic carbocycles. The van der Waals surface area contributed by atoms with E-state index in [-0.39, 0.29) is 0 Å². The van der Waals surface area contributed by atoms with Crippen molar-refractivity contribution in [2.45, 2.75) is 12.5 Å². The molecule has 0 bridgehead atoms. The lowest BCUT2D eigenvalue weighted by Gasteiger charge is -2.15. The minimum absolute atomic E-state index is 0.395. The number of likely N-dealkylation sites (N-methyl/N-ethyl adjacent to an activating group) is 1. The van der Waals surface area contributed by atoms with Gasteiger partial charge in [-0.25, -0.2) is 4.98 Å². The molecular weight excluding hydrogens is 206 g/mol. The van der Waals surface area contributed by atoms with Crippen LogP contribution in [0.15, 0.2) is 6.33 Å². The van der Waals surface area contributed by atoms with Crippen LogP contribution < -0.4 is 15.8 Å². The lowest BCUT2D eigenvalue weighted by atomic mass is 10.2. The molecule has 1 unspecified atom stereocenters. The van der Waals surface area contributed by atoms with Crippen molar-refractivity contribution in [2.24, 2.45) is 0 Å². The van der Waals surface area contributed by atoms with Gasteiger partial charge in [-0.05, 0) is 20.0 Å². The van der Waals surface area contributed by atoms with Gasteiger partial charge in [0.15, 0.2) is 5.82 Å². The summed E-state index contributed by atoms with van der Waals surface area (Å²) in [4.78, 5) is 10.3. The third-order valence-corrected chi connectivity index (χ3v) is 2.77. The minimum Gasteiger partial charge on any atom is -0.479 e. The predicted molar refractivity (Wildman–Crippen MR) is 62.5 cm³/mol. The third kappa shape index (κ3) is 2.16. The molecule has 6 heteroatoms. The fourth-order valence-corrected chi connectivity index (χ4v) is 1.90. The number of ether oxygens (including phenoxy) is 1. The van der Waals surface area contributed by atoms with Gasteiger partial charge in [0.1, 0.15) is 12.0 Å². The molecule has 2 rings (SSSR count). The number of hydrogen-bond donors (Lipinski definition) is 2. The van der Waals surface area contributed by atoms with Gasteiger partial charge in [0.05, 0.1) is 7.11 Å². The molecule has 16 heavy (non-hydrogen) atoms. The lowest BCUT2D eigenvalue weighted by molar-refractivity contribution is 0.399. The predicted octanol–water partition coefficient (Wildman–Crippen LogP) is 0.183. The standard InChI is InChI=1S/C10H17N5O/c1-15-4-3-7(5-15)14-9-8(11)10(16-2)13-6-12-9/h6-7H,3-5,11H2,1-2H3,(H,12,13,14). The quantitative estimate of drug-likeness (QED) is 0.761. The summed E-state index contributed by atoms with van der Waals surface area (Å²) in [7, 11) is 3.65. The number of nitrogen functional groups attached to an aromatic ring is 1. The van der Waals surface area contributed by atoms with Crippen molar-refractivity contribution in [1.82, 2.24) is 14.9 Å². The largest absolute Gasteiger partial charge is 0.479 e. The van der Waals surface area contributed by atoms with Crippen LogP contribution in [0.4, 0.5) is 11.5 Å². The highest BCUT2D eigenvalue weighted by Gasteiger charge is 2.20. The fourth-order valence-electron chi connectivity index (χ4n) is 1.90. The van der Waals surface area contributed by atoms with E-state index in [1.165, 1.54) is 6.33 Å². The fraction of sp³-hybridized carbons (Fsp3) is 0.600. The summed E-state index contributed by atoms with van der Waals surface area (Å²) in [6.45, 7) is 2.10. The van der Waals surface area contributed by atoms with Crippen LogP contribution in [-0.4, -0.2) is 48.2 Å². The maximum atomic E-state index is 5.88. The van der Waals surface area contributed by atoms with E-state index < -0.39 is 0 Å². The second kappa shape index (κ2) is 4.52. The van der Waals surface area contributed by atoms with E-state index in [1.807, 2.05) is 0 Å². The van der Waals surface area contributed by atoms with E-state index in [2.05, 4.69) is 27.2 Å². The molecule has 1 fully saturated rings. The highest BCUT2D eigenvalue weighted by molar-refractivity contribution is 5.66. The van der Waals surface area contributed by atoms with E-state index in [0.29, 0.717) is 23.4 Å². The van der Waals surface area contributed by atoms with E-state index in [0.717, 1.165) is 19.5 Å². The van der Waals surface area contributed by atoms with Gasteiger partial charge < -0.3 is 20.7 Å². The molecule has 2 heterocycles. The summed E-state index contributed by atoms with van der Waals surface area (Å²) in [5.74, 6) is 1.08.